The van der Waals surface area contributed by atoms with Gasteiger partial charge in [0.15, 0.2) is 0 Å². The molecule has 0 amide bonds. The van der Waals surface area contributed by atoms with E-state index < -0.39 is 0 Å². The summed E-state index contributed by atoms with van der Waals surface area (Å²) >= 11 is 0. The zero-order valence-corrected chi connectivity index (χ0v) is 10.0. The lowest BCUT2D eigenvalue weighted by atomic mass is 10.1. The molecule has 1 aromatic rings. The van der Waals surface area contributed by atoms with Crippen molar-refractivity contribution in [1.82, 2.24) is 4.98 Å². The number of pyridine rings is 1. The van der Waals surface area contributed by atoms with Crippen molar-refractivity contribution in [2.45, 2.75) is 33.6 Å². The number of nitrogens with one attached hydrogen (secondary N) is 1. The van der Waals surface area contributed by atoms with Gasteiger partial charge in [0.1, 0.15) is 5.82 Å². The molecule has 15 heavy (non-hydrogen) atoms. The van der Waals surface area contributed by atoms with Gasteiger partial charge in [0.05, 0.1) is 0 Å². The molecule has 0 spiro atoms. The van der Waals surface area contributed by atoms with E-state index in [1.807, 2.05) is 12.3 Å². The number of allylic oxidation sites excluding steroid dienone is 1. The van der Waals surface area contributed by atoms with Crippen LogP contribution in [0.5, 0.6) is 0 Å². The highest BCUT2D eigenvalue weighted by Crippen LogP contribution is 2.18. The van der Waals surface area contributed by atoms with Crippen molar-refractivity contribution in [2.24, 2.45) is 5.92 Å². The van der Waals surface area contributed by atoms with Crippen LogP contribution in [0.25, 0.3) is 0 Å². The van der Waals surface area contributed by atoms with Crippen molar-refractivity contribution in [3.05, 3.63) is 36.2 Å². The minimum Gasteiger partial charge on any atom is -0.344 e. The molecular formula is C13H20N2. The second kappa shape index (κ2) is 4.96. The van der Waals surface area contributed by atoms with Crippen LogP contribution in [0.4, 0.5) is 5.82 Å². The topological polar surface area (TPSA) is 24.9 Å². The Hall–Kier alpha value is -1.31. The first-order chi connectivity index (χ1) is 7.00. The van der Waals surface area contributed by atoms with Crippen molar-refractivity contribution < 1.29 is 0 Å². The molecule has 82 valence electrons. The first-order valence-corrected chi connectivity index (χ1v) is 5.42. The molecule has 0 aromatic carbocycles. The molecule has 2 nitrogen and oxygen atoms in total. The molecule has 1 heterocycles. The number of rotatable bonds is 4. The van der Waals surface area contributed by atoms with Crippen LogP contribution in [0.3, 0.4) is 0 Å². The van der Waals surface area contributed by atoms with E-state index in [1.54, 1.807) is 0 Å². The fourth-order valence-corrected chi connectivity index (χ4v) is 1.18. The first-order valence-electron chi connectivity index (χ1n) is 5.42. The van der Waals surface area contributed by atoms with Gasteiger partial charge in [0.2, 0.25) is 0 Å². The maximum Gasteiger partial charge on any atom is 0.130 e. The van der Waals surface area contributed by atoms with Crippen molar-refractivity contribution in [3.63, 3.8) is 0 Å². The van der Waals surface area contributed by atoms with Gasteiger partial charge >= 0.3 is 0 Å². The van der Waals surface area contributed by atoms with Crippen LogP contribution in [-0.4, -0.2) is 4.98 Å². The molecule has 0 atom stereocenters. The Morgan fingerprint density at radius 2 is 2.00 bits per heavy atom. The number of nitrogens with zero attached hydrogens (tertiary/aromatic N) is 1. The second-order valence-corrected chi connectivity index (χ2v) is 4.43. The second-order valence-electron chi connectivity index (χ2n) is 4.43. The lowest BCUT2D eigenvalue weighted by Crippen LogP contribution is -2.06. The highest BCUT2D eigenvalue weighted by Gasteiger charge is 2.04. The Morgan fingerprint density at radius 3 is 2.53 bits per heavy atom. The van der Waals surface area contributed by atoms with Crippen LogP contribution in [0.1, 0.15) is 39.2 Å². The van der Waals surface area contributed by atoms with Crippen LogP contribution >= 0.6 is 0 Å². The van der Waals surface area contributed by atoms with Crippen LogP contribution < -0.4 is 5.32 Å². The minimum atomic E-state index is 0.425. The summed E-state index contributed by atoms with van der Waals surface area (Å²) in [4.78, 5) is 4.27. The van der Waals surface area contributed by atoms with E-state index in [1.165, 1.54) is 5.56 Å². The summed E-state index contributed by atoms with van der Waals surface area (Å²) < 4.78 is 0. The zero-order chi connectivity index (χ0) is 11.4. The fraction of sp³-hybridized carbons (Fsp3) is 0.462. The summed E-state index contributed by atoms with van der Waals surface area (Å²) in [5, 5.41) is 3.23. The quantitative estimate of drug-likeness (QED) is 0.807. The van der Waals surface area contributed by atoms with Crippen molar-refractivity contribution in [2.75, 3.05) is 5.32 Å². The van der Waals surface area contributed by atoms with Gasteiger partial charge < -0.3 is 5.32 Å². The third-order valence-electron chi connectivity index (χ3n) is 2.44. The smallest absolute Gasteiger partial charge is 0.130 e. The van der Waals surface area contributed by atoms with Crippen LogP contribution in [0.2, 0.25) is 0 Å². The maximum atomic E-state index is 4.27. The van der Waals surface area contributed by atoms with Gasteiger partial charge in [0, 0.05) is 11.9 Å². The lowest BCUT2D eigenvalue weighted by molar-refractivity contribution is 0.776. The Bertz CT molecular complexity index is 340. The largest absolute Gasteiger partial charge is 0.344 e. The average Bonchev–Trinajstić information content (AvgIpc) is 2.18. The van der Waals surface area contributed by atoms with E-state index >= 15 is 0 Å². The average molecular weight is 204 g/mol. The molecule has 0 aliphatic carbocycles. The Kier molecular flexibility index (Phi) is 3.89. The normalized spacial score (nSPS) is 10.8. The highest BCUT2D eigenvalue weighted by atomic mass is 15.0. The molecular weight excluding hydrogens is 184 g/mol. The van der Waals surface area contributed by atoms with Gasteiger partial charge in [-0.15, -0.1) is 0 Å². The summed E-state index contributed by atoms with van der Waals surface area (Å²) in [6, 6.07) is 4.13. The first kappa shape index (κ1) is 11.8. The Balaban J connectivity index is 2.78. The summed E-state index contributed by atoms with van der Waals surface area (Å²) in [5.74, 6) is 1.84. The molecule has 0 aliphatic heterocycles. The van der Waals surface area contributed by atoms with E-state index in [0.29, 0.717) is 11.8 Å². The van der Waals surface area contributed by atoms with Crippen LogP contribution in [0, 0.1) is 5.92 Å². The molecule has 1 aromatic heterocycles. The van der Waals surface area contributed by atoms with E-state index in [4.69, 9.17) is 0 Å². The van der Waals surface area contributed by atoms with Crippen molar-refractivity contribution >= 4 is 5.82 Å². The predicted octanol–water partition coefficient (Wildman–Crippen LogP) is 3.79. The van der Waals surface area contributed by atoms with Crippen molar-refractivity contribution in [1.29, 1.82) is 0 Å². The molecule has 0 saturated heterocycles. The van der Waals surface area contributed by atoms with E-state index in [-0.39, 0.29) is 0 Å². The number of anilines is 1. The van der Waals surface area contributed by atoms with E-state index in [2.05, 4.69) is 50.6 Å². The molecule has 0 fully saturated rings. The van der Waals surface area contributed by atoms with Gasteiger partial charge in [-0.25, -0.2) is 4.98 Å². The number of hydrogen-bond donors (Lipinski definition) is 1. The molecule has 0 saturated carbocycles. The third-order valence-corrected chi connectivity index (χ3v) is 2.44. The molecule has 2 heteroatoms. The fourth-order valence-electron chi connectivity index (χ4n) is 1.18. The van der Waals surface area contributed by atoms with Crippen molar-refractivity contribution in [3.8, 4) is 0 Å². The van der Waals surface area contributed by atoms with Gasteiger partial charge in [0.25, 0.3) is 0 Å². The summed E-state index contributed by atoms with van der Waals surface area (Å²) in [5.41, 5.74) is 2.30. The van der Waals surface area contributed by atoms with Crippen LogP contribution in [-0.2, 0) is 0 Å². The molecule has 0 unspecified atom stereocenters. The molecule has 1 N–H and O–H groups in total. The minimum absolute atomic E-state index is 0.425. The lowest BCUT2D eigenvalue weighted by Gasteiger charge is -2.13. The zero-order valence-electron chi connectivity index (χ0n) is 10.0. The van der Waals surface area contributed by atoms with Gasteiger partial charge in [-0.3, -0.25) is 0 Å². The van der Waals surface area contributed by atoms with Gasteiger partial charge in [-0.1, -0.05) is 34.3 Å². The number of aromatic nitrogens is 1. The van der Waals surface area contributed by atoms with E-state index in [9.17, 15) is 0 Å². The molecule has 0 bridgehead atoms. The molecule has 0 aliphatic rings. The standard InChI is InChI=1S/C13H20N2/c1-9(2)11(5)15-13-8-12(10(3)4)6-7-14-13/h6-10H,5H2,1-4H3,(H,14,15). The highest BCUT2D eigenvalue weighted by molar-refractivity contribution is 5.43. The van der Waals surface area contributed by atoms with Gasteiger partial charge in [-0.05, 0) is 29.5 Å². The number of hydrogen-bond acceptors (Lipinski definition) is 2. The Labute approximate surface area is 92.4 Å². The summed E-state index contributed by atoms with van der Waals surface area (Å²) in [6.45, 7) is 12.6. The SMILES string of the molecule is C=C(Nc1cc(C(C)C)ccn1)C(C)C. The maximum absolute atomic E-state index is 4.27. The summed E-state index contributed by atoms with van der Waals surface area (Å²) in [7, 11) is 0. The molecule has 0 radical (unpaired) electrons. The summed E-state index contributed by atoms with van der Waals surface area (Å²) in [6.07, 6.45) is 1.84. The van der Waals surface area contributed by atoms with E-state index in [0.717, 1.165) is 11.5 Å². The molecule has 1 rings (SSSR count). The van der Waals surface area contributed by atoms with Gasteiger partial charge in [-0.2, -0.15) is 0 Å². The Morgan fingerprint density at radius 1 is 1.33 bits per heavy atom. The third kappa shape index (κ3) is 3.39. The predicted molar refractivity (Wildman–Crippen MR) is 65.9 cm³/mol. The van der Waals surface area contributed by atoms with Crippen LogP contribution in [0.15, 0.2) is 30.6 Å². The monoisotopic (exact) mass is 204 g/mol.